The maximum Gasteiger partial charge on any atom is 0.239 e. The van der Waals surface area contributed by atoms with Crippen LogP contribution in [0.1, 0.15) is 0 Å². The fourth-order valence-corrected chi connectivity index (χ4v) is 3.13. The Morgan fingerprint density at radius 3 is 3.05 bits per heavy atom. The van der Waals surface area contributed by atoms with Gasteiger partial charge in [0.05, 0.1) is 11.3 Å². The molecule has 5 nitrogen and oxygen atoms in total. The Kier molecular flexibility index (Phi) is 3.98. The van der Waals surface area contributed by atoms with Gasteiger partial charge >= 0.3 is 0 Å². The molecular formula is C14H13ClN4OS. The first kappa shape index (κ1) is 14.2. The summed E-state index contributed by atoms with van der Waals surface area (Å²) in [5, 5.41) is 12.9. The number of fused-ring (bicyclic) bond motifs is 1. The lowest BCUT2D eigenvalue weighted by Gasteiger charge is -2.16. The normalized spacial score (nSPS) is 15.0. The molecule has 21 heavy (non-hydrogen) atoms. The van der Waals surface area contributed by atoms with E-state index >= 15 is 0 Å². The Morgan fingerprint density at radius 2 is 2.29 bits per heavy atom. The largest absolute Gasteiger partial charge is 0.383 e. The molecule has 0 bridgehead atoms. The van der Waals surface area contributed by atoms with Crippen molar-refractivity contribution in [3.05, 3.63) is 35.5 Å². The van der Waals surface area contributed by atoms with E-state index in [4.69, 9.17) is 17.0 Å². The smallest absolute Gasteiger partial charge is 0.239 e. The minimum Gasteiger partial charge on any atom is -0.383 e. The number of benzene rings is 1. The monoisotopic (exact) mass is 320 g/mol. The van der Waals surface area contributed by atoms with E-state index in [0.29, 0.717) is 29.0 Å². The number of amides is 1. The molecule has 2 heterocycles. The average Bonchev–Trinajstić information content (AvgIpc) is 2.78. The average molecular weight is 321 g/mol. The molecule has 1 fully saturated rings. The first-order valence-corrected chi connectivity index (χ1v) is 7.81. The molecule has 1 aliphatic heterocycles. The van der Waals surface area contributed by atoms with Crippen molar-refractivity contribution in [2.45, 2.75) is 0 Å². The van der Waals surface area contributed by atoms with Crippen molar-refractivity contribution >= 4 is 51.0 Å². The van der Waals surface area contributed by atoms with E-state index in [9.17, 15) is 4.79 Å². The Bertz CT molecular complexity index is 705. The molecule has 0 radical (unpaired) electrons. The summed E-state index contributed by atoms with van der Waals surface area (Å²) in [5.41, 5.74) is 1.77. The van der Waals surface area contributed by atoms with E-state index in [2.05, 4.69) is 10.3 Å². The maximum absolute atomic E-state index is 11.6. The van der Waals surface area contributed by atoms with Crippen LogP contribution in [0, 0.1) is 5.41 Å². The summed E-state index contributed by atoms with van der Waals surface area (Å²) in [7, 11) is 0. The molecule has 1 amide bonds. The molecule has 1 saturated heterocycles. The first-order chi connectivity index (χ1) is 10.1. The molecule has 1 aromatic carbocycles. The van der Waals surface area contributed by atoms with Gasteiger partial charge in [0.25, 0.3) is 0 Å². The highest BCUT2D eigenvalue weighted by molar-refractivity contribution is 8.14. The fraction of sp³-hybridized carbons (Fsp3) is 0.214. The number of carbonyl (C=O) groups is 1. The van der Waals surface area contributed by atoms with Gasteiger partial charge in [-0.2, -0.15) is 0 Å². The molecule has 3 rings (SSSR count). The molecule has 2 N–H and O–H groups in total. The number of thioether (sulfide) groups is 1. The van der Waals surface area contributed by atoms with E-state index in [0.717, 1.165) is 16.6 Å². The zero-order chi connectivity index (χ0) is 14.8. The Hall–Kier alpha value is -1.79. The topological polar surface area (TPSA) is 69.1 Å². The predicted molar refractivity (Wildman–Crippen MR) is 87.1 cm³/mol. The minimum absolute atomic E-state index is 0.00170. The van der Waals surface area contributed by atoms with Crippen molar-refractivity contribution in [2.24, 2.45) is 0 Å². The second-order valence-electron chi connectivity index (χ2n) is 4.59. The number of amidine groups is 1. The molecule has 7 heteroatoms. The van der Waals surface area contributed by atoms with Gasteiger partial charge in [0, 0.05) is 35.4 Å². The summed E-state index contributed by atoms with van der Waals surface area (Å²) in [5.74, 6) is 0.369. The van der Waals surface area contributed by atoms with Crippen LogP contribution in [0.15, 0.2) is 30.5 Å². The van der Waals surface area contributed by atoms with E-state index in [1.54, 1.807) is 6.20 Å². The molecule has 0 spiro atoms. The highest BCUT2D eigenvalue weighted by atomic mass is 35.5. The number of rotatable bonds is 4. The number of pyridine rings is 1. The van der Waals surface area contributed by atoms with Gasteiger partial charge in [-0.15, -0.1) is 0 Å². The molecule has 0 saturated carbocycles. The summed E-state index contributed by atoms with van der Waals surface area (Å²) >= 11 is 7.23. The number of halogens is 1. The molecule has 2 aromatic rings. The lowest BCUT2D eigenvalue weighted by Crippen LogP contribution is -2.33. The summed E-state index contributed by atoms with van der Waals surface area (Å²) < 4.78 is 0. The van der Waals surface area contributed by atoms with Gasteiger partial charge in [0.15, 0.2) is 5.17 Å². The van der Waals surface area contributed by atoms with E-state index in [1.165, 1.54) is 16.7 Å². The Balaban J connectivity index is 1.71. The molecule has 0 atom stereocenters. The Labute approximate surface area is 131 Å². The van der Waals surface area contributed by atoms with Crippen molar-refractivity contribution < 1.29 is 4.79 Å². The van der Waals surface area contributed by atoms with Crippen LogP contribution in [-0.2, 0) is 4.79 Å². The number of hydrogen-bond donors (Lipinski definition) is 2. The SMILES string of the molecule is N=C1SCC(=O)N1CCNc1ccnc2cc(Cl)ccc12. The van der Waals surface area contributed by atoms with Crippen LogP contribution >= 0.6 is 23.4 Å². The molecule has 1 aromatic heterocycles. The highest BCUT2D eigenvalue weighted by Crippen LogP contribution is 2.24. The molecule has 108 valence electrons. The summed E-state index contributed by atoms with van der Waals surface area (Å²) in [4.78, 5) is 17.4. The van der Waals surface area contributed by atoms with Gasteiger partial charge in [-0.25, -0.2) is 0 Å². The fourth-order valence-electron chi connectivity index (χ4n) is 2.20. The molecular weight excluding hydrogens is 308 g/mol. The third kappa shape index (κ3) is 2.96. The van der Waals surface area contributed by atoms with Gasteiger partial charge in [0.2, 0.25) is 5.91 Å². The van der Waals surface area contributed by atoms with Crippen molar-refractivity contribution in [3.8, 4) is 0 Å². The van der Waals surface area contributed by atoms with Crippen molar-refractivity contribution in [3.63, 3.8) is 0 Å². The van der Waals surface area contributed by atoms with Crippen LogP contribution in [0.3, 0.4) is 0 Å². The number of anilines is 1. The predicted octanol–water partition coefficient (Wildman–Crippen LogP) is 2.81. The number of carbonyl (C=O) groups excluding carboxylic acids is 1. The van der Waals surface area contributed by atoms with E-state index in [1.807, 2.05) is 24.3 Å². The van der Waals surface area contributed by atoms with Crippen molar-refractivity contribution in [1.82, 2.24) is 9.88 Å². The number of aromatic nitrogens is 1. The van der Waals surface area contributed by atoms with Gasteiger partial charge in [-0.1, -0.05) is 23.4 Å². The third-order valence-corrected chi connectivity index (χ3v) is 4.35. The third-order valence-electron chi connectivity index (χ3n) is 3.23. The van der Waals surface area contributed by atoms with Crippen LogP contribution in [0.2, 0.25) is 5.02 Å². The molecule has 1 aliphatic rings. The summed E-state index contributed by atoms with van der Waals surface area (Å²) in [6.45, 7) is 1.07. The highest BCUT2D eigenvalue weighted by Gasteiger charge is 2.25. The summed E-state index contributed by atoms with van der Waals surface area (Å²) in [6, 6.07) is 7.46. The first-order valence-electron chi connectivity index (χ1n) is 6.45. The van der Waals surface area contributed by atoms with Gasteiger partial charge in [-0.05, 0) is 24.3 Å². The molecule has 0 aliphatic carbocycles. The number of hydrogen-bond acceptors (Lipinski definition) is 5. The zero-order valence-electron chi connectivity index (χ0n) is 11.1. The number of nitrogens with zero attached hydrogens (tertiary/aromatic N) is 2. The van der Waals surface area contributed by atoms with Crippen LogP contribution in [-0.4, -0.2) is 39.8 Å². The second-order valence-corrected chi connectivity index (χ2v) is 5.99. The van der Waals surface area contributed by atoms with Crippen molar-refractivity contribution in [2.75, 3.05) is 24.2 Å². The van der Waals surface area contributed by atoms with E-state index in [-0.39, 0.29) is 5.91 Å². The zero-order valence-corrected chi connectivity index (χ0v) is 12.7. The summed E-state index contributed by atoms with van der Waals surface area (Å²) in [6.07, 6.45) is 1.72. The molecule has 0 unspecified atom stereocenters. The van der Waals surface area contributed by atoms with Crippen LogP contribution in [0.4, 0.5) is 5.69 Å². The van der Waals surface area contributed by atoms with Gasteiger partial charge in [0.1, 0.15) is 0 Å². The lowest BCUT2D eigenvalue weighted by atomic mass is 10.2. The van der Waals surface area contributed by atoms with Crippen molar-refractivity contribution in [1.29, 1.82) is 5.41 Å². The quantitative estimate of drug-likeness (QED) is 0.909. The number of nitrogens with one attached hydrogen (secondary N) is 2. The van der Waals surface area contributed by atoms with E-state index < -0.39 is 0 Å². The van der Waals surface area contributed by atoms with Crippen LogP contribution in [0.25, 0.3) is 10.9 Å². The standard InChI is InChI=1S/C14H13ClN4OS/c15-9-1-2-10-11(3-4-17-12(10)7-9)18-5-6-19-13(20)8-21-14(19)16/h1-4,7,16H,5-6,8H2,(H,17,18). The minimum atomic E-state index is -0.00170. The second kappa shape index (κ2) is 5.91. The van der Waals surface area contributed by atoms with Gasteiger partial charge in [-0.3, -0.25) is 20.1 Å². The maximum atomic E-state index is 11.6. The lowest BCUT2D eigenvalue weighted by molar-refractivity contribution is -0.123. The van der Waals surface area contributed by atoms with Gasteiger partial charge < -0.3 is 5.32 Å². The van der Waals surface area contributed by atoms with Crippen LogP contribution in [0.5, 0.6) is 0 Å². The Morgan fingerprint density at radius 1 is 1.43 bits per heavy atom. The van der Waals surface area contributed by atoms with Crippen LogP contribution < -0.4 is 5.32 Å².